The average Bonchev–Trinajstić information content (AvgIpc) is 2.48. The first kappa shape index (κ1) is 14.2. The average molecular weight is 323 g/mol. The molecule has 1 heterocycles. The molecule has 4 nitrogen and oxygen atoms in total. The number of rotatable bonds is 2. The first-order valence-electron chi connectivity index (χ1n) is 6.32. The molecule has 0 saturated carbocycles. The number of ether oxygens (including phenoxy) is 1. The predicted octanol–water partition coefficient (Wildman–Crippen LogP) is 3.37. The first-order valence-corrected chi connectivity index (χ1v) is 7.07. The van der Waals surface area contributed by atoms with E-state index in [0.29, 0.717) is 21.5 Å². The molecule has 2 aromatic carbocycles. The van der Waals surface area contributed by atoms with E-state index in [2.05, 4.69) is 5.32 Å². The molecule has 1 amide bonds. The molecule has 2 aromatic rings. The molecule has 0 aliphatic carbocycles. The molecule has 0 bridgehead atoms. The van der Waals surface area contributed by atoms with Gasteiger partial charge in [-0.1, -0.05) is 29.3 Å². The van der Waals surface area contributed by atoms with Crippen LogP contribution in [0, 0.1) is 0 Å². The fraction of sp³-hybridized carbons (Fsp3) is 0.133. The molecule has 6 heteroatoms. The molecule has 21 heavy (non-hydrogen) atoms. The van der Waals surface area contributed by atoms with Crippen molar-refractivity contribution in [1.82, 2.24) is 0 Å². The second-order valence-electron chi connectivity index (χ2n) is 4.74. The first-order chi connectivity index (χ1) is 10.0. The Morgan fingerprint density at radius 3 is 2.81 bits per heavy atom. The number of nitrogens with one attached hydrogen (secondary N) is 1. The zero-order chi connectivity index (χ0) is 15.0. The highest BCUT2D eigenvalue weighted by Gasteiger charge is 2.19. The number of amides is 1. The second-order valence-corrected chi connectivity index (χ2v) is 5.58. The minimum atomic E-state index is -0.444. The Bertz CT molecular complexity index is 719. The van der Waals surface area contributed by atoms with Crippen LogP contribution in [-0.2, 0) is 4.79 Å². The lowest BCUT2D eigenvalue weighted by Crippen LogP contribution is -2.25. The van der Waals surface area contributed by atoms with Gasteiger partial charge in [-0.15, -0.1) is 0 Å². The number of anilines is 1. The van der Waals surface area contributed by atoms with Gasteiger partial charge in [0.2, 0.25) is 0 Å². The van der Waals surface area contributed by atoms with E-state index in [4.69, 9.17) is 33.7 Å². The van der Waals surface area contributed by atoms with E-state index in [1.807, 2.05) is 6.07 Å². The minimum absolute atomic E-state index is 0.0263. The van der Waals surface area contributed by atoms with Gasteiger partial charge in [-0.25, -0.2) is 0 Å². The third kappa shape index (κ3) is 2.83. The Balaban J connectivity index is 1.98. The van der Waals surface area contributed by atoms with Gasteiger partial charge < -0.3 is 15.8 Å². The van der Waals surface area contributed by atoms with Crippen LogP contribution < -0.4 is 15.8 Å². The highest BCUT2D eigenvalue weighted by Crippen LogP contribution is 2.34. The lowest BCUT2D eigenvalue weighted by Gasteiger charge is -2.21. The predicted molar refractivity (Wildman–Crippen MR) is 83.1 cm³/mol. The maximum Gasteiger partial charge on any atom is 0.262 e. The minimum Gasteiger partial charge on any atom is -0.482 e. The Labute approximate surface area is 131 Å². The SMILES string of the molecule is NC(c1ccc2c(c1)NC(=O)CO2)c1cc(Cl)ccc1Cl. The smallest absolute Gasteiger partial charge is 0.262 e. The quantitative estimate of drug-likeness (QED) is 0.890. The zero-order valence-electron chi connectivity index (χ0n) is 10.9. The molecule has 0 radical (unpaired) electrons. The third-order valence-corrected chi connectivity index (χ3v) is 3.87. The van der Waals surface area contributed by atoms with Crippen molar-refractivity contribution in [3.8, 4) is 5.75 Å². The van der Waals surface area contributed by atoms with Crippen molar-refractivity contribution in [2.75, 3.05) is 11.9 Å². The maximum atomic E-state index is 11.4. The maximum absolute atomic E-state index is 11.4. The normalized spacial score (nSPS) is 14.9. The Morgan fingerprint density at radius 1 is 1.19 bits per heavy atom. The van der Waals surface area contributed by atoms with Crippen LogP contribution in [0.15, 0.2) is 36.4 Å². The van der Waals surface area contributed by atoms with Crippen LogP contribution in [-0.4, -0.2) is 12.5 Å². The number of hydrogen-bond donors (Lipinski definition) is 2. The molecule has 108 valence electrons. The van der Waals surface area contributed by atoms with Gasteiger partial charge in [0.1, 0.15) is 5.75 Å². The number of fused-ring (bicyclic) bond motifs is 1. The molecule has 0 fully saturated rings. The van der Waals surface area contributed by atoms with Gasteiger partial charge in [0, 0.05) is 10.0 Å². The molecular formula is C15H12Cl2N2O2. The highest BCUT2D eigenvalue weighted by atomic mass is 35.5. The summed E-state index contributed by atoms with van der Waals surface area (Å²) in [7, 11) is 0. The van der Waals surface area contributed by atoms with E-state index in [1.54, 1.807) is 30.3 Å². The molecule has 0 spiro atoms. The van der Waals surface area contributed by atoms with Crippen molar-refractivity contribution in [3.63, 3.8) is 0 Å². The molecule has 1 atom stereocenters. The summed E-state index contributed by atoms with van der Waals surface area (Å²) in [5, 5.41) is 3.87. The van der Waals surface area contributed by atoms with Crippen LogP contribution in [0.2, 0.25) is 10.0 Å². The van der Waals surface area contributed by atoms with Gasteiger partial charge in [-0.3, -0.25) is 4.79 Å². The van der Waals surface area contributed by atoms with Crippen LogP contribution >= 0.6 is 23.2 Å². The van der Waals surface area contributed by atoms with Crippen molar-refractivity contribution >= 4 is 34.8 Å². The van der Waals surface area contributed by atoms with E-state index < -0.39 is 6.04 Å². The molecule has 3 rings (SSSR count). The van der Waals surface area contributed by atoms with Crippen LogP contribution in [0.1, 0.15) is 17.2 Å². The molecule has 1 aliphatic rings. The summed E-state index contributed by atoms with van der Waals surface area (Å²) in [5.74, 6) is 0.441. The number of carbonyl (C=O) groups is 1. The Hall–Kier alpha value is -1.75. The number of benzene rings is 2. The zero-order valence-corrected chi connectivity index (χ0v) is 12.4. The van der Waals surface area contributed by atoms with Crippen molar-refractivity contribution in [2.45, 2.75) is 6.04 Å². The summed E-state index contributed by atoms with van der Waals surface area (Å²) in [6, 6.07) is 10.1. The number of hydrogen-bond acceptors (Lipinski definition) is 3. The van der Waals surface area contributed by atoms with Crippen LogP contribution in [0.3, 0.4) is 0 Å². The van der Waals surface area contributed by atoms with Gasteiger partial charge in [0.15, 0.2) is 6.61 Å². The Morgan fingerprint density at radius 2 is 2.00 bits per heavy atom. The molecule has 1 aliphatic heterocycles. The lowest BCUT2D eigenvalue weighted by molar-refractivity contribution is -0.118. The van der Waals surface area contributed by atoms with Gasteiger partial charge in [-0.05, 0) is 41.5 Å². The highest BCUT2D eigenvalue weighted by molar-refractivity contribution is 6.33. The number of nitrogens with two attached hydrogens (primary N) is 1. The van der Waals surface area contributed by atoms with Crippen LogP contribution in [0.5, 0.6) is 5.75 Å². The standard InChI is InChI=1S/C15H12Cl2N2O2/c16-9-2-3-11(17)10(6-9)15(18)8-1-4-13-12(5-8)19-14(20)7-21-13/h1-6,15H,7,18H2,(H,19,20). The Kier molecular flexibility index (Phi) is 3.76. The second kappa shape index (κ2) is 5.56. The fourth-order valence-corrected chi connectivity index (χ4v) is 2.64. The van der Waals surface area contributed by atoms with Crippen molar-refractivity contribution in [2.24, 2.45) is 5.73 Å². The van der Waals surface area contributed by atoms with Gasteiger partial charge in [0.05, 0.1) is 11.7 Å². The van der Waals surface area contributed by atoms with Crippen LogP contribution in [0.25, 0.3) is 0 Å². The molecule has 3 N–H and O–H groups in total. The summed E-state index contributed by atoms with van der Waals surface area (Å²) in [6.07, 6.45) is 0. The van der Waals surface area contributed by atoms with E-state index >= 15 is 0 Å². The monoisotopic (exact) mass is 322 g/mol. The number of carbonyl (C=O) groups excluding carboxylic acids is 1. The summed E-state index contributed by atoms with van der Waals surface area (Å²) in [4.78, 5) is 11.4. The van der Waals surface area contributed by atoms with Crippen LogP contribution in [0.4, 0.5) is 5.69 Å². The van der Waals surface area contributed by atoms with Crippen molar-refractivity contribution < 1.29 is 9.53 Å². The van der Waals surface area contributed by atoms with Gasteiger partial charge in [0.25, 0.3) is 5.91 Å². The summed E-state index contributed by atoms with van der Waals surface area (Å²) >= 11 is 12.2. The van der Waals surface area contributed by atoms with E-state index in [-0.39, 0.29) is 12.5 Å². The topological polar surface area (TPSA) is 64.3 Å². The number of halogens is 2. The van der Waals surface area contributed by atoms with Gasteiger partial charge in [-0.2, -0.15) is 0 Å². The summed E-state index contributed by atoms with van der Waals surface area (Å²) < 4.78 is 5.32. The molecule has 0 aromatic heterocycles. The fourth-order valence-electron chi connectivity index (χ4n) is 2.23. The van der Waals surface area contributed by atoms with Crippen molar-refractivity contribution in [3.05, 3.63) is 57.6 Å². The van der Waals surface area contributed by atoms with E-state index in [1.165, 1.54) is 0 Å². The third-order valence-electron chi connectivity index (χ3n) is 3.29. The summed E-state index contributed by atoms with van der Waals surface area (Å²) in [5.41, 5.74) is 8.40. The molecule has 1 unspecified atom stereocenters. The molecule has 0 saturated heterocycles. The van der Waals surface area contributed by atoms with E-state index in [9.17, 15) is 4.79 Å². The van der Waals surface area contributed by atoms with Gasteiger partial charge >= 0.3 is 0 Å². The molecular weight excluding hydrogens is 311 g/mol. The van der Waals surface area contributed by atoms with Crippen molar-refractivity contribution in [1.29, 1.82) is 0 Å². The summed E-state index contributed by atoms with van der Waals surface area (Å²) in [6.45, 7) is 0.0263. The lowest BCUT2D eigenvalue weighted by atomic mass is 9.98. The largest absolute Gasteiger partial charge is 0.482 e. The van der Waals surface area contributed by atoms with E-state index in [0.717, 1.165) is 11.1 Å².